The first-order valence-corrected chi connectivity index (χ1v) is 6.00. The van der Waals surface area contributed by atoms with E-state index in [0.717, 1.165) is 12.0 Å². The lowest BCUT2D eigenvalue weighted by Gasteiger charge is -2.16. The van der Waals surface area contributed by atoms with Gasteiger partial charge in [0.2, 0.25) is 11.8 Å². The van der Waals surface area contributed by atoms with E-state index < -0.39 is 0 Å². The second-order valence-electron chi connectivity index (χ2n) is 4.01. The molecule has 0 saturated heterocycles. The van der Waals surface area contributed by atoms with Crippen molar-refractivity contribution in [2.24, 2.45) is 0 Å². The van der Waals surface area contributed by atoms with Gasteiger partial charge in [-0.3, -0.25) is 4.79 Å². The molecule has 6 nitrogen and oxygen atoms in total. The number of nitrogens with one attached hydrogen (secondary N) is 2. The highest BCUT2D eigenvalue weighted by atomic mass is 16.5. The highest BCUT2D eigenvalue weighted by Crippen LogP contribution is 2.20. The molecule has 0 aliphatic rings. The standard InChI is InChI=1S/C12H20N4O2/c1-5-6-13-11(17)9(3)16-10-8(2)12(18-4)15-7-14-10/h7,9H,5-6H2,1-4H3,(H,13,17)(H,14,15,16). The van der Waals surface area contributed by atoms with E-state index in [1.54, 1.807) is 14.0 Å². The summed E-state index contributed by atoms with van der Waals surface area (Å²) < 4.78 is 5.10. The van der Waals surface area contributed by atoms with Crippen LogP contribution in [0.4, 0.5) is 5.82 Å². The average molecular weight is 252 g/mol. The van der Waals surface area contributed by atoms with Crippen molar-refractivity contribution < 1.29 is 9.53 Å². The molecule has 0 aliphatic heterocycles. The van der Waals surface area contributed by atoms with Crippen LogP contribution in [0.15, 0.2) is 6.33 Å². The van der Waals surface area contributed by atoms with Crippen LogP contribution in [0.3, 0.4) is 0 Å². The maximum Gasteiger partial charge on any atom is 0.242 e. The highest BCUT2D eigenvalue weighted by molar-refractivity contribution is 5.84. The number of nitrogens with zero attached hydrogens (tertiary/aromatic N) is 2. The van der Waals surface area contributed by atoms with Gasteiger partial charge < -0.3 is 15.4 Å². The predicted octanol–water partition coefficient (Wildman–Crippen LogP) is 1.12. The Hall–Kier alpha value is -1.85. The monoisotopic (exact) mass is 252 g/mol. The lowest BCUT2D eigenvalue weighted by Crippen LogP contribution is -2.38. The number of carbonyl (C=O) groups is 1. The van der Waals surface area contributed by atoms with E-state index >= 15 is 0 Å². The first-order valence-electron chi connectivity index (χ1n) is 6.00. The van der Waals surface area contributed by atoms with Crippen molar-refractivity contribution in [1.82, 2.24) is 15.3 Å². The van der Waals surface area contributed by atoms with Crippen LogP contribution in [0, 0.1) is 6.92 Å². The lowest BCUT2D eigenvalue weighted by atomic mass is 10.2. The Bertz CT molecular complexity index is 409. The van der Waals surface area contributed by atoms with E-state index in [9.17, 15) is 4.79 Å². The molecule has 1 heterocycles. The van der Waals surface area contributed by atoms with Gasteiger partial charge in [0.1, 0.15) is 18.2 Å². The number of anilines is 1. The second-order valence-corrected chi connectivity index (χ2v) is 4.01. The Balaban J connectivity index is 2.69. The molecule has 1 rings (SSSR count). The molecule has 1 unspecified atom stereocenters. The van der Waals surface area contributed by atoms with Gasteiger partial charge in [-0.05, 0) is 20.3 Å². The molecule has 0 radical (unpaired) electrons. The van der Waals surface area contributed by atoms with Gasteiger partial charge in [-0.1, -0.05) is 6.92 Å². The minimum Gasteiger partial charge on any atom is -0.481 e. The van der Waals surface area contributed by atoms with Gasteiger partial charge in [0, 0.05) is 6.54 Å². The average Bonchev–Trinajstić information content (AvgIpc) is 2.38. The molecule has 1 amide bonds. The molecule has 2 N–H and O–H groups in total. The summed E-state index contributed by atoms with van der Waals surface area (Å²) >= 11 is 0. The number of amides is 1. The molecule has 100 valence electrons. The van der Waals surface area contributed by atoms with Gasteiger partial charge in [0.25, 0.3) is 0 Å². The van der Waals surface area contributed by atoms with Crippen LogP contribution in [0.2, 0.25) is 0 Å². The third-order valence-electron chi connectivity index (χ3n) is 2.53. The largest absolute Gasteiger partial charge is 0.481 e. The van der Waals surface area contributed by atoms with Crippen LogP contribution >= 0.6 is 0 Å². The number of hydrogen-bond acceptors (Lipinski definition) is 5. The maximum atomic E-state index is 11.7. The van der Waals surface area contributed by atoms with Crippen molar-refractivity contribution in [1.29, 1.82) is 0 Å². The van der Waals surface area contributed by atoms with Crippen molar-refractivity contribution in [3.05, 3.63) is 11.9 Å². The molecule has 6 heteroatoms. The molecule has 0 spiro atoms. The van der Waals surface area contributed by atoms with E-state index in [-0.39, 0.29) is 11.9 Å². The van der Waals surface area contributed by atoms with E-state index in [4.69, 9.17) is 4.74 Å². The number of carbonyl (C=O) groups excluding carboxylic acids is 1. The third-order valence-corrected chi connectivity index (χ3v) is 2.53. The van der Waals surface area contributed by atoms with Gasteiger partial charge in [-0.15, -0.1) is 0 Å². The van der Waals surface area contributed by atoms with E-state index in [0.29, 0.717) is 18.2 Å². The molecular formula is C12H20N4O2. The minimum atomic E-state index is -0.352. The topological polar surface area (TPSA) is 76.1 Å². The third kappa shape index (κ3) is 3.58. The van der Waals surface area contributed by atoms with Crippen LogP contribution in [-0.2, 0) is 4.79 Å². The summed E-state index contributed by atoms with van der Waals surface area (Å²) in [6, 6.07) is -0.352. The van der Waals surface area contributed by atoms with Gasteiger partial charge in [-0.25, -0.2) is 9.97 Å². The second kappa shape index (κ2) is 6.78. The highest BCUT2D eigenvalue weighted by Gasteiger charge is 2.15. The maximum absolute atomic E-state index is 11.7. The van der Waals surface area contributed by atoms with Gasteiger partial charge >= 0.3 is 0 Å². The SMILES string of the molecule is CCCNC(=O)C(C)Nc1ncnc(OC)c1C. The fraction of sp³-hybridized carbons (Fsp3) is 0.583. The van der Waals surface area contributed by atoms with Crippen molar-refractivity contribution >= 4 is 11.7 Å². The number of ether oxygens (including phenoxy) is 1. The Morgan fingerprint density at radius 2 is 2.22 bits per heavy atom. The van der Waals surface area contributed by atoms with E-state index in [2.05, 4.69) is 20.6 Å². The number of aromatic nitrogens is 2. The van der Waals surface area contributed by atoms with Crippen LogP contribution in [0.1, 0.15) is 25.8 Å². The fourth-order valence-electron chi connectivity index (χ4n) is 1.46. The van der Waals surface area contributed by atoms with Crippen molar-refractivity contribution in [2.75, 3.05) is 19.0 Å². The molecule has 0 saturated carbocycles. The number of rotatable bonds is 6. The lowest BCUT2D eigenvalue weighted by molar-refractivity contribution is -0.121. The molecule has 0 bridgehead atoms. The van der Waals surface area contributed by atoms with Gasteiger partial charge in [0.15, 0.2) is 0 Å². The van der Waals surface area contributed by atoms with Crippen molar-refractivity contribution in [3.8, 4) is 5.88 Å². The Labute approximate surface area is 107 Å². The Morgan fingerprint density at radius 3 is 2.83 bits per heavy atom. The van der Waals surface area contributed by atoms with Crippen molar-refractivity contribution in [2.45, 2.75) is 33.2 Å². The van der Waals surface area contributed by atoms with Gasteiger partial charge in [-0.2, -0.15) is 0 Å². The van der Waals surface area contributed by atoms with E-state index in [1.807, 2.05) is 13.8 Å². The Morgan fingerprint density at radius 1 is 1.50 bits per heavy atom. The minimum absolute atomic E-state index is 0.0474. The summed E-state index contributed by atoms with van der Waals surface area (Å²) in [5.74, 6) is 1.07. The zero-order valence-corrected chi connectivity index (χ0v) is 11.3. The molecule has 0 fully saturated rings. The van der Waals surface area contributed by atoms with Crippen molar-refractivity contribution in [3.63, 3.8) is 0 Å². The number of hydrogen-bond donors (Lipinski definition) is 2. The predicted molar refractivity (Wildman–Crippen MR) is 69.7 cm³/mol. The van der Waals surface area contributed by atoms with Gasteiger partial charge in [0.05, 0.1) is 12.7 Å². The van der Waals surface area contributed by atoms with Crippen LogP contribution in [-0.4, -0.2) is 35.6 Å². The molecule has 1 aromatic heterocycles. The summed E-state index contributed by atoms with van der Waals surface area (Å²) in [6.45, 7) is 6.32. The van der Waals surface area contributed by atoms with Crippen LogP contribution in [0.25, 0.3) is 0 Å². The summed E-state index contributed by atoms with van der Waals surface area (Å²) in [5.41, 5.74) is 0.787. The Kier molecular flexibility index (Phi) is 5.35. The molecule has 18 heavy (non-hydrogen) atoms. The van der Waals surface area contributed by atoms with Crippen LogP contribution in [0.5, 0.6) is 5.88 Å². The van der Waals surface area contributed by atoms with E-state index in [1.165, 1.54) is 6.33 Å². The molecular weight excluding hydrogens is 232 g/mol. The molecule has 0 aliphatic carbocycles. The summed E-state index contributed by atoms with van der Waals surface area (Å²) in [7, 11) is 1.55. The summed E-state index contributed by atoms with van der Waals surface area (Å²) in [6.07, 6.45) is 2.32. The zero-order chi connectivity index (χ0) is 13.5. The first-order chi connectivity index (χ1) is 8.60. The van der Waals surface area contributed by atoms with Crippen LogP contribution < -0.4 is 15.4 Å². The molecule has 1 aromatic rings. The quantitative estimate of drug-likeness (QED) is 0.793. The molecule has 0 aromatic carbocycles. The zero-order valence-electron chi connectivity index (χ0n) is 11.3. The molecule has 1 atom stereocenters. The fourth-order valence-corrected chi connectivity index (χ4v) is 1.46. The summed E-state index contributed by atoms with van der Waals surface area (Å²) in [5, 5.41) is 5.87. The normalized spacial score (nSPS) is 11.8. The summed E-state index contributed by atoms with van der Waals surface area (Å²) in [4.78, 5) is 19.8. The number of methoxy groups -OCH3 is 1. The smallest absolute Gasteiger partial charge is 0.242 e. The first kappa shape index (κ1) is 14.2.